The van der Waals surface area contributed by atoms with Gasteiger partial charge in [0.25, 0.3) is 0 Å². The van der Waals surface area contributed by atoms with Gasteiger partial charge in [-0.25, -0.2) is 0 Å². The molecule has 254 valence electrons. The van der Waals surface area contributed by atoms with Crippen molar-refractivity contribution in [1.29, 1.82) is 0 Å². The monoisotopic (exact) mass is 626 g/mol. The molecule has 0 amide bonds. The highest BCUT2D eigenvalue weighted by atomic mass is 16.7. The molecule has 2 aliphatic heterocycles. The highest BCUT2D eigenvalue weighted by Crippen LogP contribution is 2.44. The van der Waals surface area contributed by atoms with Gasteiger partial charge in [-0.2, -0.15) is 0 Å². The van der Waals surface area contributed by atoms with Gasteiger partial charge in [0.15, 0.2) is 12.6 Å². The fraction of sp³-hybridized carbons (Fsp3) is 0.692. The van der Waals surface area contributed by atoms with E-state index in [1.807, 2.05) is 24.3 Å². The lowest BCUT2D eigenvalue weighted by Gasteiger charge is -2.36. The molecule has 2 heterocycles. The van der Waals surface area contributed by atoms with Gasteiger partial charge in [-0.1, -0.05) is 104 Å². The number of ether oxygens (including phenoxy) is 4. The third-order valence-electron chi connectivity index (χ3n) is 8.36. The van der Waals surface area contributed by atoms with Crippen molar-refractivity contribution < 1.29 is 29.2 Å². The third kappa shape index (κ3) is 9.47. The molecule has 0 radical (unpaired) electrons. The van der Waals surface area contributed by atoms with Crippen molar-refractivity contribution in [3.63, 3.8) is 0 Å². The first kappa shape index (κ1) is 37.3. The van der Waals surface area contributed by atoms with E-state index in [4.69, 9.17) is 18.9 Å². The summed E-state index contributed by atoms with van der Waals surface area (Å²) in [6.07, 6.45) is -0.690. The number of phenols is 2. The van der Waals surface area contributed by atoms with Gasteiger partial charge in [-0.3, -0.25) is 0 Å². The topological polar surface area (TPSA) is 77.4 Å². The number of rotatable bonds is 2. The van der Waals surface area contributed by atoms with Gasteiger partial charge in [0.2, 0.25) is 0 Å². The average Bonchev–Trinajstić information content (AvgIpc) is 2.87. The lowest BCUT2D eigenvalue weighted by atomic mass is 9.78. The molecule has 2 aromatic carbocycles. The third-order valence-corrected chi connectivity index (χ3v) is 8.36. The number of phenolic OH excluding ortho intramolecular Hbond substituents is 2. The number of benzene rings is 2. The average molecular weight is 627 g/mol. The molecule has 2 N–H and O–H groups in total. The van der Waals surface area contributed by atoms with Crippen LogP contribution in [0, 0.1) is 11.3 Å². The summed E-state index contributed by atoms with van der Waals surface area (Å²) in [4.78, 5) is 0. The van der Waals surface area contributed by atoms with Gasteiger partial charge in [0.1, 0.15) is 11.5 Å². The molecule has 0 aromatic heterocycles. The van der Waals surface area contributed by atoms with E-state index in [1.165, 1.54) is 0 Å². The molecule has 0 unspecified atom stereocenters. The van der Waals surface area contributed by atoms with Crippen molar-refractivity contribution >= 4 is 0 Å². The molecule has 0 saturated carbocycles. The standard InChI is InChI=1S/C20H32O3.C19H30O3/c1-18(2,3)14-9-13(10-15(16(14)21)19(4,5)6)17-22-11-20(7,8)12-23-17;1-12-10-21-17(22-11-12)13-8-14(18(2,3)4)16(20)15(9-13)19(5,6)7/h9-10,17,21H,11-12H2,1-8H3;8-9,12,17,20H,10-11H2,1-7H3. The van der Waals surface area contributed by atoms with Crippen LogP contribution in [0.2, 0.25) is 0 Å². The Hall–Kier alpha value is -2.12. The Balaban J connectivity index is 0.000000246. The van der Waals surface area contributed by atoms with E-state index in [-0.39, 0.29) is 39.7 Å². The Kier molecular flexibility index (Phi) is 10.9. The van der Waals surface area contributed by atoms with Crippen LogP contribution in [0.4, 0.5) is 0 Å². The smallest absolute Gasteiger partial charge is 0.183 e. The Labute approximate surface area is 273 Å². The maximum atomic E-state index is 10.8. The minimum atomic E-state index is -0.356. The lowest BCUT2D eigenvalue weighted by Crippen LogP contribution is -2.34. The molecule has 2 fully saturated rings. The zero-order valence-electron chi connectivity index (χ0n) is 30.9. The molecule has 0 atom stereocenters. The fourth-order valence-corrected chi connectivity index (χ4v) is 5.55. The van der Waals surface area contributed by atoms with Crippen molar-refractivity contribution in [2.75, 3.05) is 26.4 Å². The summed E-state index contributed by atoms with van der Waals surface area (Å²) >= 11 is 0. The Morgan fingerprint density at radius 2 is 0.800 bits per heavy atom. The van der Waals surface area contributed by atoms with E-state index in [2.05, 4.69) is 104 Å². The van der Waals surface area contributed by atoms with E-state index >= 15 is 0 Å². The molecule has 2 aromatic rings. The Morgan fingerprint density at radius 3 is 1.07 bits per heavy atom. The van der Waals surface area contributed by atoms with Gasteiger partial charge in [0.05, 0.1) is 26.4 Å². The van der Waals surface area contributed by atoms with Crippen LogP contribution in [0.5, 0.6) is 11.5 Å². The first-order valence-corrected chi connectivity index (χ1v) is 16.5. The van der Waals surface area contributed by atoms with Crippen molar-refractivity contribution in [2.45, 2.75) is 138 Å². The minimum Gasteiger partial charge on any atom is -0.507 e. The van der Waals surface area contributed by atoms with E-state index in [0.717, 1.165) is 33.4 Å². The van der Waals surface area contributed by atoms with Gasteiger partial charge in [-0.05, 0) is 68.2 Å². The van der Waals surface area contributed by atoms with Gasteiger partial charge in [0, 0.05) is 22.5 Å². The van der Waals surface area contributed by atoms with E-state index in [9.17, 15) is 10.2 Å². The second-order valence-electron chi connectivity index (χ2n) is 18.2. The molecule has 45 heavy (non-hydrogen) atoms. The van der Waals surface area contributed by atoms with E-state index in [1.54, 1.807) is 0 Å². The summed E-state index contributed by atoms with van der Waals surface area (Å²) in [5.41, 5.74) is 5.25. The summed E-state index contributed by atoms with van der Waals surface area (Å²) in [7, 11) is 0. The number of hydrogen-bond acceptors (Lipinski definition) is 6. The van der Waals surface area contributed by atoms with Crippen LogP contribution in [0.15, 0.2) is 24.3 Å². The summed E-state index contributed by atoms with van der Waals surface area (Å²) in [5, 5.41) is 21.5. The molecular weight excluding hydrogens is 564 g/mol. The summed E-state index contributed by atoms with van der Waals surface area (Å²) in [5.74, 6) is 1.22. The van der Waals surface area contributed by atoms with Gasteiger partial charge >= 0.3 is 0 Å². The van der Waals surface area contributed by atoms with Crippen LogP contribution in [0.25, 0.3) is 0 Å². The van der Waals surface area contributed by atoms with Crippen molar-refractivity contribution in [2.24, 2.45) is 11.3 Å². The number of hydrogen-bond donors (Lipinski definition) is 2. The Bertz CT molecular complexity index is 1220. The first-order valence-electron chi connectivity index (χ1n) is 16.5. The number of aromatic hydroxyl groups is 2. The van der Waals surface area contributed by atoms with Gasteiger partial charge < -0.3 is 29.2 Å². The molecular formula is C39H62O6. The minimum absolute atomic E-state index is 0.0487. The molecule has 2 saturated heterocycles. The van der Waals surface area contributed by atoms with Crippen molar-refractivity contribution in [3.8, 4) is 11.5 Å². The van der Waals surface area contributed by atoms with Crippen molar-refractivity contribution in [3.05, 3.63) is 57.6 Å². The molecule has 2 aliphatic rings. The van der Waals surface area contributed by atoms with Crippen LogP contribution >= 0.6 is 0 Å². The quantitative estimate of drug-likeness (QED) is 0.346. The fourth-order valence-electron chi connectivity index (χ4n) is 5.55. The first-order chi connectivity index (χ1) is 20.3. The summed E-state index contributed by atoms with van der Waals surface area (Å²) in [6.45, 7) is 34.5. The van der Waals surface area contributed by atoms with Crippen LogP contribution < -0.4 is 0 Å². The van der Waals surface area contributed by atoms with Crippen LogP contribution in [-0.2, 0) is 40.6 Å². The van der Waals surface area contributed by atoms with Crippen LogP contribution in [0.1, 0.15) is 150 Å². The van der Waals surface area contributed by atoms with E-state index in [0.29, 0.717) is 43.8 Å². The molecule has 4 rings (SSSR count). The maximum Gasteiger partial charge on any atom is 0.183 e. The van der Waals surface area contributed by atoms with Crippen LogP contribution in [0.3, 0.4) is 0 Å². The van der Waals surface area contributed by atoms with E-state index < -0.39 is 0 Å². The predicted octanol–water partition coefficient (Wildman–Crippen LogP) is 9.73. The van der Waals surface area contributed by atoms with Crippen molar-refractivity contribution in [1.82, 2.24) is 0 Å². The predicted molar refractivity (Wildman–Crippen MR) is 183 cm³/mol. The highest BCUT2D eigenvalue weighted by Gasteiger charge is 2.33. The maximum absolute atomic E-state index is 10.8. The zero-order valence-corrected chi connectivity index (χ0v) is 30.9. The SMILES string of the molecule is CC1(C)COC(c2cc(C(C)(C)C)c(O)c(C(C)(C)C)c2)OC1.CC1COC(c2cc(C(C)(C)C)c(O)c(C(C)(C)C)c2)OC1. The normalized spacial score (nSPS) is 21.7. The second-order valence-corrected chi connectivity index (χ2v) is 18.2. The largest absolute Gasteiger partial charge is 0.507 e. The summed E-state index contributed by atoms with van der Waals surface area (Å²) < 4.78 is 23.6. The molecule has 6 nitrogen and oxygen atoms in total. The molecule has 0 bridgehead atoms. The molecule has 0 spiro atoms. The second kappa shape index (κ2) is 13.2. The zero-order chi connectivity index (χ0) is 34.3. The Morgan fingerprint density at radius 1 is 0.533 bits per heavy atom. The summed E-state index contributed by atoms with van der Waals surface area (Å²) in [6, 6.07) is 8.14. The lowest BCUT2D eigenvalue weighted by molar-refractivity contribution is -0.226. The molecule has 6 heteroatoms. The van der Waals surface area contributed by atoms with Gasteiger partial charge in [-0.15, -0.1) is 0 Å². The highest BCUT2D eigenvalue weighted by molar-refractivity contribution is 5.51. The van der Waals surface area contributed by atoms with Crippen LogP contribution in [-0.4, -0.2) is 36.6 Å². The molecule has 0 aliphatic carbocycles.